The average Bonchev–Trinajstić information content (AvgIpc) is 1.98. The van der Waals surface area contributed by atoms with Gasteiger partial charge in [0.05, 0.1) is 0 Å². The molecule has 0 heterocycles. The lowest BCUT2D eigenvalue weighted by Gasteiger charge is -2.18. The zero-order chi connectivity index (χ0) is 9.61. The fourth-order valence-corrected chi connectivity index (χ4v) is 1.06. The number of carboxylic acids is 1. The molecule has 0 aromatic rings. The van der Waals surface area contributed by atoms with E-state index in [0.29, 0.717) is 12.3 Å². The molecular weight excluding hydrogens is 178 g/mol. The van der Waals surface area contributed by atoms with Gasteiger partial charge in [0.1, 0.15) is 5.54 Å². The highest BCUT2D eigenvalue weighted by molar-refractivity contribution is 6.17. The van der Waals surface area contributed by atoms with Crippen molar-refractivity contribution in [3.8, 4) is 0 Å². The molecule has 0 saturated heterocycles. The number of carboxylic acid groups (broad SMARTS) is 1. The van der Waals surface area contributed by atoms with Crippen LogP contribution in [0.1, 0.15) is 32.6 Å². The van der Waals surface area contributed by atoms with E-state index in [1.807, 2.05) is 0 Å². The van der Waals surface area contributed by atoms with Crippen molar-refractivity contribution in [2.24, 2.45) is 5.73 Å². The van der Waals surface area contributed by atoms with Crippen molar-refractivity contribution in [3.05, 3.63) is 0 Å². The molecule has 12 heavy (non-hydrogen) atoms. The lowest BCUT2D eigenvalue weighted by Crippen LogP contribution is -2.44. The number of hydrogen-bond acceptors (Lipinski definition) is 2. The third-order valence-electron chi connectivity index (χ3n) is 1.82. The van der Waals surface area contributed by atoms with Crippen LogP contribution in [0, 0.1) is 0 Å². The number of nitrogens with two attached hydrogens (primary N) is 1. The number of rotatable bonds is 6. The molecule has 3 nitrogen and oxygen atoms in total. The van der Waals surface area contributed by atoms with Gasteiger partial charge in [0.15, 0.2) is 0 Å². The van der Waals surface area contributed by atoms with Crippen molar-refractivity contribution in [1.82, 2.24) is 0 Å². The minimum absolute atomic E-state index is 0.513. The molecule has 0 aliphatic carbocycles. The maximum absolute atomic E-state index is 10.5. The summed E-state index contributed by atoms with van der Waals surface area (Å²) in [6, 6.07) is 0. The zero-order valence-corrected chi connectivity index (χ0v) is 8.10. The summed E-state index contributed by atoms with van der Waals surface area (Å²) in [6.45, 7) is 1.54. The molecule has 0 fully saturated rings. The molecule has 3 N–H and O–H groups in total. The standard InChI is InChI=1S/C8H16ClNO2/c1-8(10,7(11)12)5-3-2-4-6-9/h2-6,10H2,1H3,(H,11,12). The summed E-state index contributed by atoms with van der Waals surface area (Å²) >= 11 is 5.47. The fourth-order valence-electron chi connectivity index (χ4n) is 0.870. The molecule has 0 aromatic carbocycles. The van der Waals surface area contributed by atoms with Gasteiger partial charge in [-0.2, -0.15) is 0 Å². The van der Waals surface area contributed by atoms with Gasteiger partial charge in [-0.1, -0.05) is 12.8 Å². The Morgan fingerprint density at radius 1 is 1.50 bits per heavy atom. The lowest BCUT2D eigenvalue weighted by atomic mass is 9.96. The molecule has 1 atom stereocenters. The number of alkyl halides is 1. The number of aliphatic carboxylic acids is 1. The highest BCUT2D eigenvalue weighted by Gasteiger charge is 2.26. The molecule has 1 unspecified atom stereocenters. The Hall–Kier alpha value is -0.280. The first-order valence-electron chi connectivity index (χ1n) is 4.09. The third-order valence-corrected chi connectivity index (χ3v) is 2.09. The van der Waals surface area contributed by atoms with Crippen LogP contribution in [0.25, 0.3) is 0 Å². The molecule has 0 radical (unpaired) electrons. The predicted octanol–water partition coefficient (Wildman–Crippen LogP) is 1.59. The molecule has 72 valence electrons. The van der Waals surface area contributed by atoms with Crippen LogP contribution in [0.3, 0.4) is 0 Å². The Balaban J connectivity index is 3.54. The van der Waals surface area contributed by atoms with Crippen LogP contribution >= 0.6 is 11.6 Å². The highest BCUT2D eigenvalue weighted by Crippen LogP contribution is 2.12. The van der Waals surface area contributed by atoms with Crippen LogP contribution in [0.15, 0.2) is 0 Å². The van der Waals surface area contributed by atoms with E-state index in [4.69, 9.17) is 22.4 Å². The van der Waals surface area contributed by atoms with Gasteiger partial charge in [-0.15, -0.1) is 11.6 Å². The highest BCUT2D eigenvalue weighted by atomic mass is 35.5. The summed E-state index contributed by atoms with van der Waals surface area (Å²) in [6.07, 6.45) is 3.21. The van der Waals surface area contributed by atoms with Crippen LogP contribution < -0.4 is 5.73 Å². The second-order valence-electron chi connectivity index (χ2n) is 3.22. The fraction of sp³-hybridized carbons (Fsp3) is 0.875. The molecule has 0 aliphatic heterocycles. The number of halogens is 1. The Kier molecular flexibility index (Phi) is 5.25. The SMILES string of the molecule is CC(N)(CCCCCCl)C(=O)O. The lowest BCUT2D eigenvalue weighted by molar-refractivity contribution is -0.142. The van der Waals surface area contributed by atoms with Gasteiger partial charge in [-0.05, 0) is 19.8 Å². The van der Waals surface area contributed by atoms with Crippen LogP contribution in [0.5, 0.6) is 0 Å². The maximum Gasteiger partial charge on any atom is 0.323 e. The van der Waals surface area contributed by atoms with E-state index < -0.39 is 11.5 Å². The first kappa shape index (κ1) is 11.7. The van der Waals surface area contributed by atoms with Crippen molar-refractivity contribution in [2.75, 3.05) is 5.88 Å². The van der Waals surface area contributed by atoms with Crippen LogP contribution in [-0.2, 0) is 4.79 Å². The maximum atomic E-state index is 10.5. The number of carbonyl (C=O) groups is 1. The zero-order valence-electron chi connectivity index (χ0n) is 7.35. The topological polar surface area (TPSA) is 63.3 Å². The summed E-state index contributed by atoms with van der Waals surface area (Å²) in [7, 11) is 0. The van der Waals surface area contributed by atoms with E-state index in [9.17, 15) is 4.79 Å². The van der Waals surface area contributed by atoms with Crippen molar-refractivity contribution < 1.29 is 9.90 Å². The largest absolute Gasteiger partial charge is 0.480 e. The minimum atomic E-state index is -1.08. The van der Waals surface area contributed by atoms with Crippen molar-refractivity contribution in [1.29, 1.82) is 0 Å². The van der Waals surface area contributed by atoms with Crippen LogP contribution in [0.2, 0.25) is 0 Å². The second-order valence-corrected chi connectivity index (χ2v) is 3.60. The van der Waals surface area contributed by atoms with E-state index >= 15 is 0 Å². The number of hydrogen-bond donors (Lipinski definition) is 2. The molecule has 4 heteroatoms. The van der Waals surface area contributed by atoms with Crippen molar-refractivity contribution >= 4 is 17.6 Å². The third kappa shape index (κ3) is 4.57. The van der Waals surface area contributed by atoms with Crippen LogP contribution in [-0.4, -0.2) is 22.5 Å². The first-order chi connectivity index (χ1) is 5.50. The summed E-state index contributed by atoms with van der Waals surface area (Å²) in [5.41, 5.74) is 4.43. The van der Waals surface area contributed by atoms with Gasteiger partial charge in [-0.3, -0.25) is 4.79 Å². The minimum Gasteiger partial charge on any atom is -0.480 e. The Bertz CT molecular complexity index is 148. The van der Waals surface area contributed by atoms with E-state index in [2.05, 4.69) is 0 Å². The van der Waals surface area contributed by atoms with Crippen LogP contribution in [0.4, 0.5) is 0 Å². The predicted molar refractivity (Wildman–Crippen MR) is 49.4 cm³/mol. The molecule has 0 saturated carbocycles. The first-order valence-corrected chi connectivity index (χ1v) is 4.62. The van der Waals surface area contributed by atoms with Gasteiger partial charge in [0, 0.05) is 5.88 Å². The van der Waals surface area contributed by atoms with Gasteiger partial charge in [-0.25, -0.2) is 0 Å². The quantitative estimate of drug-likeness (QED) is 0.498. The molecule has 0 rings (SSSR count). The van der Waals surface area contributed by atoms with Crippen molar-refractivity contribution in [2.45, 2.75) is 38.1 Å². The monoisotopic (exact) mass is 193 g/mol. The molecule has 0 spiro atoms. The smallest absolute Gasteiger partial charge is 0.323 e. The second kappa shape index (κ2) is 5.38. The van der Waals surface area contributed by atoms with E-state index in [1.165, 1.54) is 6.92 Å². The molecule has 0 bridgehead atoms. The van der Waals surface area contributed by atoms with E-state index in [0.717, 1.165) is 19.3 Å². The number of unbranched alkanes of at least 4 members (excludes halogenated alkanes) is 2. The normalized spacial score (nSPS) is 15.6. The molecule has 0 aromatic heterocycles. The summed E-state index contributed by atoms with van der Waals surface area (Å²) in [5, 5.41) is 8.65. The summed E-state index contributed by atoms with van der Waals surface area (Å²) < 4.78 is 0. The Morgan fingerprint density at radius 3 is 2.50 bits per heavy atom. The van der Waals surface area contributed by atoms with E-state index in [1.54, 1.807) is 0 Å². The molecule has 0 aliphatic rings. The van der Waals surface area contributed by atoms with Gasteiger partial charge >= 0.3 is 5.97 Å². The van der Waals surface area contributed by atoms with Crippen molar-refractivity contribution in [3.63, 3.8) is 0 Å². The van der Waals surface area contributed by atoms with Gasteiger partial charge in [0.2, 0.25) is 0 Å². The Labute approximate surface area is 77.9 Å². The average molecular weight is 194 g/mol. The molecule has 0 amide bonds. The summed E-state index contributed by atoms with van der Waals surface area (Å²) in [5.74, 6) is -0.303. The molecular formula is C8H16ClNO2. The van der Waals surface area contributed by atoms with Gasteiger partial charge < -0.3 is 10.8 Å². The van der Waals surface area contributed by atoms with Gasteiger partial charge in [0.25, 0.3) is 0 Å². The Morgan fingerprint density at radius 2 is 2.08 bits per heavy atom. The van der Waals surface area contributed by atoms with E-state index in [-0.39, 0.29) is 0 Å². The summed E-state index contributed by atoms with van der Waals surface area (Å²) in [4.78, 5) is 10.5.